The number of aromatic nitrogens is 1. The molecule has 0 unspecified atom stereocenters. The van der Waals surface area contributed by atoms with Crippen molar-refractivity contribution in [3.63, 3.8) is 0 Å². The second kappa shape index (κ2) is 6.30. The molecular weight excluding hydrogens is 321 g/mol. The van der Waals surface area contributed by atoms with Crippen LogP contribution in [0.25, 0.3) is 10.9 Å². The summed E-state index contributed by atoms with van der Waals surface area (Å²) >= 11 is 0. The highest BCUT2D eigenvalue weighted by molar-refractivity contribution is 6.06. The molecule has 128 valence electrons. The van der Waals surface area contributed by atoms with E-state index in [1.54, 1.807) is 24.3 Å². The Morgan fingerprint density at radius 2 is 1.96 bits per heavy atom. The van der Waals surface area contributed by atoms with Crippen LogP contribution in [0.5, 0.6) is 0 Å². The Labute approximate surface area is 136 Å². The molecule has 1 aliphatic rings. The molecule has 2 aromatic rings. The van der Waals surface area contributed by atoms with Crippen LogP contribution >= 0.6 is 0 Å². The molecule has 1 fully saturated rings. The number of amides is 1. The van der Waals surface area contributed by atoms with E-state index >= 15 is 0 Å². The second-order valence-electron chi connectivity index (χ2n) is 6.17. The van der Waals surface area contributed by atoms with E-state index in [1.165, 1.54) is 6.07 Å². The van der Waals surface area contributed by atoms with Crippen LogP contribution in [0.3, 0.4) is 0 Å². The maximum Gasteiger partial charge on any atom is 0.391 e. The molecule has 3 rings (SSSR count). The smallest absolute Gasteiger partial charge is 0.349 e. The summed E-state index contributed by atoms with van der Waals surface area (Å²) in [7, 11) is 0. The fourth-order valence-electron chi connectivity index (χ4n) is 3.27. The first-order valence-electron chi connectivity index (χ1n) is 7.84. The molecule has 1 amide bonds. The highest BCUT2D eigenvalue weighted by Crippen LogP contribution is 2.37. The van der Waals surface area contributed by atoms with Crippen molar-refractivity contribution in [2.24, 2.45) is 5.92 Å². The number of pyridine rings is 1. The average Bonchev–Trinajstić information content (AvgIpc) is 2.53. The van der Waals surface area contributed by atoms with Gasteiger partial charge in [-0.2, -0.15) is 13.2 Å². The van der Waals surface area contributed by atoms with E-state index in [0.29, 0.717) is 23.7 Å². The monoisotopic (exact) mass is 338 g/mol. The molecule has 0 saturated heterocycles. The van der Waals surface area contributed by atoms with Gasteiger partial charge in [0.2, 0.25) is 5.56 Å². The van der Waals surface area contributed by atoms with Gasteiger partial charge in [0.05, 0.1) is 11.5 Å². The zero-order valence-electron chi connectivity index (χ0n) is 12.8. The molecule has 1 aromatic heterocycles. The van der Waals surface area contributed by atoms with Crippen LogP contribution in [0.2, 0.25) is 0 Å². The van der Waals surface area contributed by atoms with Crippen molar-refractivity contribution in [1.29, 1.82) is 0 Å². The molecule has 0 aliphatic heterocycles. The van der Waals surface area contributed by atoms with Gasteiger partial charge in [-0.3, -0.25) is 9.59 Å². The van der Waals surface area contributed by atoms with Crippen LogP contribution in [-0.2, 0) is 0 Å². The van der Waals surface area contributed by atoms with E-state index < -0.39 is 29.6 Å². The first-order chi connectivity index (χ1) is 11.3. The normalized spacial score (nSPS) is 21.6. The predicted octanol–water partition coefficient (Wildman–Crippen LogP) is 3.38. The first kappa shape index (κ1) is 16.5. The van der Waals surface area contributed by atoms with Crippen LogP contribution in [-0.4, -0.2) is 23.1 Å². The third-order valence-corrected chi connectivity index (χ3v) is 4.47. The third kappa shape index (κ3) is 3.44. The largest absolute Gasteiger partial charge is 0.391 e. The number of fused-ring (bicyclic) bond motifs is 1. The molecule has 2 atom stereocenters. The number of nitrogens with one attached hydrogen (secondary N) is 2. The molecule has 0 radical (unpaired) electrons. The Morgan fingerprint density at radius 3 is 2.71 bits per heavy atom. The molecule has 1 saturated carbocycles. The van der Waals surface area contributed by atoms with E-state index in [1.807, 2.05) is 0 Å². The molecule has 1 heterocycles. The number of benzene rings is 1. The van der Waals surface area contributed by atoms with Crippen molar-refractivity contribution in [2.45, 2.75) is 37.9 Å². The van der Waals surface area contributed by atoms with Crippen LogP contribution in [0.15, 0.2) is 35.1 Å². The summed E-state index contributed by atoms with van der Waals surface area (Å²) in [6.45, 7) is 0. The van der Waals surface area contributed by atoms with Gasteiger partial charge in [-0.05, 0) is 25.3 Å². The molecule has 0 spiro atoms. The Bertz CT molecular complexity index is 813. The number of H-pyrrole nitrogens is 1. The van der Waals surface area contributed by atoms with Gasteiger partial charge in [0.15, 0.2) is 0 Å². The van der Waals surface area contributed by atoms with Gasteiger partial charge in [0.25, 0.3) is 5.91 Å². The Balaban J connectivity index is 1.82. The maximum absolute atomic E-state index is 12.9. The molecular formula is C17H17F3N2O2. The topological polar surface area (TPSA) is 62.0 Å². The highest BCUT2D eigenvalue weighted by Gasteiger charge is 2.42. The fraction of sp³-hybridized carbons (Fsp3) is 0.412. The van der Waals surface area contributed by atoms with E-state index in [2.05, 4.69) is 10.3 Å². The third-order valence-electron chi connectivity index (χ3n) is 4.47. The molecule has 2 N–H and O–H groups in total. The average molecular weight is 338 g/mol. The number of hydrogen-bond acceptors (Lipinski definition) is 2. The van der Waals surface area contributed by atoms with Gasteiger partial charge in [-0.1, -0.05) is 24.6 Å². The molecule has 0 bridgehead atoms. The van der Waals surface area contributed by atoms with Crippen LogP contribution in [0.1, 0.15) is 36.0 Å². The number of para-hydroxylation sites is 1. The van der Waals surface area contributed by atoms with Crippen molar-refractivity contribution >= 4 is 16.8 Å². The number of carbonyl (C=O) groups is 1. The molecule has 24 heavy (non-hydrogen) atoms. The molecule has 4 nitrogen and oxygen atoms in total. The molecule has 1 aromatic carbocycles. The zero-order valence-corrected chi connectivity index (χ0v) is 12.8. The van der Waals surface area contributed by atoms with Gasteiger partial charge >= 0.3 is 6.18 Å². The van der Waals surface area contributed by atoms with Crippen LogP contribution in [0, 0.1) is 5.92 Å². The highest BCUT2D eigenvalue weighted by atomic mass is 19.4. The van der Waals surface area contributed by atoms with Gasteiger partial charge in [0.1, 0.15) is 0 Å². The SMILES string of the molecule is O=C(N[C@@H]1CCC[C@@H](C(F)(F)F)C1)c1cc(=O)[nH]c2ccccc12. The summed E-state index contributed by atoms with van der Waals surface area (Å²) in [5.41, 5.74) is 0.283. The van der Waals surface area contributed by atoms with Gasteiger partial charge in [-0.25, -0.2) is 0 Å². The van der Waals surface area contributed by atoms with E-state index in [4.69, 9.17) is 0 Å². The lowest BCUT2D eigenvalue weighted by Crippen LogP contribution is -2.41. The van der Waals surface area contributed by atoms with Crippen LogP contribution in [0.4, 0.5) is 13.2 Å². The van der Waals surface area contributed by atoms with Crippen molar-refractivity contribution in [2.75, 3.05) is 0 Å². The minimum absolute atomic E-state index is 0.101. The van der Waals surface area contributed by atoms with Gasteiger partial charge in [-0.15, -0.1) is 0 Å². The number of alkyl halides is 3. The quantitative estimate of drug-likeness (QED) is 0.882. The number of carbonyl (C=O) groups excluding carboxylic acids is 1. The summed E-state index contributed by atoms with van der Waals surface area (Å²) in [5, 5.41) is 3.23. The van der Waals surface area contributed by atoms with Crippen molar-refractivity contribution in [3.05, 3.63) is 46.2 Å². The minimum Gasteiger partial charge on any atom is -0.349 e. The minimum atomic E-state index is -4.24. The first-order valence-corrected chi connectivity index (χ1v) is 7.84. The maximum atomic E-state index is 12.9. The lowest BCUT2D eigenvalue weighted by Gasteiger charge is -2.31. The molecule has 1 aliphatic carbocycles. The summed E-state index contributed by atoms with van der Waals surface area (Å²) in [6, 6.07) is 7.48. The summed E-state index contributed by atoms with van der Waals surface area (Å²) < 4.78 is 38.6. The number of halogens is 3. The number of hydrogen-bond donors (Lipinski definition) is 2. The van der Waals surface area contributed by atoms with Crippen molar-refractivity contribution in [3.8, 4) is 0 Å². The van der Waals surface area contributed by atoms with E-state index in [9.17, 15) is 22.8 Å². The lowest BCUT2D eigenvalue weighted by atomic mass is 9.85. The van der Waals surface area contributed by atoms with Crippen LogP contribution < -0.4 is 10.9 Å². The fourth-order valence-corrected chi connectivity index (χ4v) is 3.27. The second-order valence-corrected chi connectivity index (χ2v) is 6.17. The van der Waals surface area contributed by atoms with Crippen molar-refractivity contribution < 1.29 is 18.0 Å². The summed E-state index contributed by atoms with van der Waals surface area (Å²) in [6.07, 6.45) is -3.31. The zero-order chi connectivity index (χ0) is 17.3. The van der Waals surface area contributed by atoms with E-state index in [-0.39, 0.29) is 18.4 Å². The number of rotatable bonds is 2. The number of aromatic amines is 1. The Morgan fingerprint density at radius 1 is 1.21 bits per heavy atom. The molecule has 7 heteroatoms. The lowest BCUT2D eigenvalue weighted by molar-refractivity contribution is -0.183. The van der Waals surface area contributed by atoms with E-state index in [0.717, 1.165) is 0 Å². The van der Waals surface area contributed by atoms with Crippen molar-refractivity contribution in [1.82, 2.24) is 10.3 Å². The predicted molar refractivity (Wildman–Crippen MR) is 83.8 cm³/mol. The standard InChI is InChI=1S/C17H17F3N2O2/c18-17(19,20)10-4-3-5-11(8-10)21-16(24)13-9-15(23)22-14-7-2-1-6-12(13)14/h1-2,6-7,9-11H,3-5,8H2,(H,21,24)(H,22,23)/t10-,11-/m1/s1. The summed E-state index contributed by atoms with van der Waals surface area (Å²) in [4.78, 5) is 26.8. The Hall–Kier alpha value is -2.31. The van der Waals surface area contributed by atoms with Gasteiger partial charge < -0.3 is 10.3 Å². The Kier molecular flexibility index (Phi) is 4.34. The van der Waals surface area contributed by atoms with Gasteiger partial charge in [0, 0.05) is 23.0 Å². The summed E-state index contributed by atoms with van der Waals surface area (Å²) in [5.74, 6) is -1.89.